The smallest absolute Gasteiger partial charge is 0.335 e. The number of aromatic nitrogens is 2. The minimum atomic E-state index is -0.893. The van der Waals surface area contributed by atoms with Gasteiger partial charge in [-0.25, -0.2) is 4.79 Å². The summed E-state index contributed by atoms with van der Waals surface area (Å²) >= 11 is 0. The number of hydrogen-bond acceptors (Lipinski definition) is 5. The third-order valence-corrected chi connectivity index (χ3v) is 3.58. The van der Waals surface area contributed by atoms with Gasteiger partial charge in [-0.05, 0) is 23.3 Å². The molecule has 1 aliphatic heterocycles. The molecule has 0 saturated carbocycles. The van der Waals surface area contributed by atoms with E-state index in [1.165, 1.54) is 0 Å². The molecule has 0 amide bonds. The lowest BCUT2D eigenvalue weighted by Gasteiger charge is -2.10. The molecule has 110 valence electrons. The Kier molecular flexibility index (Phi) is 3.47. The van der Waals surface area contributed by atoms with E-state index in [9.17, 15) is 4.79 Å². The summed E-state index contributed by atoms with van der Waals surface area (Å²) in [5.41, 5.74) is 2.55. The third kappa shape index (κ3) is 2.80. The molecule has 2 heterocycles. The monoisotopic (exact) mass is 287 g/mol. The van der Waals surface area contributed by atoms with Gasteiger partial charge in [0.1, 0.15) is 0 Å². The van der Waals surface area contributed by atoms with Crippen LogP contribution in [0.1, 0.15) is 53.0 Å². The Morgan fingerprint density at radius 2 is 2.14 bits per heavy atom. The van der Waals surface area contributed by atoms with Crippen molar-refractivity contribution in [1.29, 1.82) is 0 Å². The Labute approximate surface area is 122 Å². The first-order valence-corrected chi connectivity index (χ1v) is 6.93. The Hall–Kier alpha value is -2.21. The SMILES string of the molecule is CC(C)c1nc(CN2Cc3ccc(C(=O)O)cc3C2)no1. The zero-order valence-electron chi connectivity index (χ0n) is 12.0. The minimum absolute atomic E-state index is 0.222. The first-order chi connectivity index (χ1) is 10.0. The summed E-state index contributed by atoms with van der Waals surface area (Å²) in [6.07, 6.45) is 0. The molecule has 0 atom stereocenters. The van der Waals surface area contributed by atoms with E-state index < -0.39 is 5.97 Å². The molecule has 1 aromatic carbocycles. The number of hydrogen-bond donors (Lipinski definition) is 1. The number of carbonyl (C=O) groups is 1. The normalized spacial score (nSPS) is 14.6. The molecule has 0 saturated heterocycles. The molecule has 1 aromatic heterocycles. The van der Waals surface area contributed by atoms with Crippen LogP contribution < -0.4 is 0 Å². The highest BCUT2D eigenvalue weighted by Gasteiger charge is 2.22. The number of nitrogens with zero attached hydrogens (tertiary/aromatic N) is 3. The molecule has 2 aromatic rings. The van der Waals surface area contributed by atoms with Crippen LogP contribution in [0.25, 0.3) is 0 Å². The maximum absolute atomic E-state index is 11.0. The molecule has 0 unspecified atom stereocenters. The van der Waals surface area contributed by atoms with Crippen molar-refractivity contribution >= 4 is 5.97 Å². The molecule has 0 aliphatic carbocycles. The lowest BCUT2D eigenvalue weighted by molar-refractivity contribution is 0.0696. The lowest BCUT2D eigenvalue weighted by Crippen LogP contribution is -2.16. The number of carboxylic acids is 1. The van der Waals surface area contributed by atoms with Gasteiger partial charge in [0, 0.05) is 19.0 Å². The van der Waals surface area contributed by atoms with Gasteiger partial charge in [-0.15, -0.1) is 0 Å². The molecule has 1 N–H and O–H groups in total. The van der Waals surface area contributed by atoms with Crippen LogP contribution in [0.15, 0.2) is 22.7 Å². The second-order valence-corrected chi connectivity index (χ2v) is 5.64. The third-order valence-electron chi connectivity index (χ3n) is 3.58. The number of carboxylic acid groups (broad SMARTS) is 1. The minimum Gasteiger partial charge on any atom is -0.478 e. The van der Waals surface area contributed by atoms with Gasteiger partial charge in [-0.1, -0.05) is 25.1 Å². The quantitative estimate of drug-likeness (QED) is 0.930. The van der Waals surface area contributed by atoms with E-state index in [4.69, 9.17) is 9.63 Å². The van der Waals surface area contributed by atoms with E-state index in [1.807, 2.05) is 19.9 Å². The fourth-order valence-electron chi connectivity index (χ4n) is 2.48. The van der Waals surface area contributed by atoms with E-state index in [1.54, 1.807) is 12.1 Å². The van der Waals surface area contributed by atoms with Gasteiger partial charge in [0.05, 0.1) is 12.1 Å². The fourth-order valence-corrected chi connectivity index (χ4v) is 2.48. The Balaban J connectivity index is 1.70. The van der Waals surface area contributed by atoms with Crippen molar-refractivity contribution in [2.45, 2.75) is 39.4 Å². The first kappa shape index (κ1) is 13.8. The van der Waals surface area contributed by atoms with Crippen molar-refractivity contribution in [1.82, 2.24) is 15.0 Å². The highest BCUT2D eigenvalue weighted by Crippen LogP contribution is 2.25. The Morgan fingerprint density at radius 3 is 2.81 bits per heavy atom. The van der Waals surface area contributed by atoms with Gasteiger partial charge in [0.2, 0.25) is 5.89 Å². The van der Waals surface area contributed by atoms with Gasteiger partial charge in [0.25, 0.3) is 0 Å². The molecule has 0 spiro atoms. The van der Waals surface area contributed by atoms with Crippen LogP contribution in [0.3, 0.4) is 0 Å². The average molecular weight is 287 g/mol. The van der Waals surface area contributed by atoms with Crippen molar-refractivity contribution in [2.24, 2.45) is 0 Å². The maximum atomic E-state index is 11.0. The number of benzene rings is 1. The Morgan fingerprint density at radius 1 is 1.38 bits per heavy atom. The summed E-state index contributed by atoms with van der Waals surface area (Å²) in [4.78, 5) is 17.5. The van der Waals surface area contributed by atoms with Crippen LogP contribution in [0.2, 0.25) is 0 Å². The van der Waals surface area contributed by atoms with E-state index in [2.05, 4.69) is 15.0 Å². The second-order valence-electron chi connectivity index (χ2n) is 5.64. The van der Waals surface area contributed by atoms with Crippen LogP contribution in [0, 0.1) is 0 Å². The molecule has 21 heavy (non-hydrogen) atoms. The van der Waals surface area contributed by atoms with Crippen LogP contribution in [-0.4, -0.2) is 26.1 Å². The summed E-state index contributed by atoms with van der Waals surface area (Å²) in [5, 5.41) is 13.0. The average Bonchev–Trinajstić information content (AvgIpc) is 3.03. The van der Waals surface area contributed by atoms with Gasteiger partial charge >= 0.3 is 5.97 Å². The number of fused-ring (bicyclic) bond motifs is 1. The first-order valence-electron chi connectivity index (χ1n) is 6.93. The van der Waals surface area contributed by atoms with Crippen LogP contribution in [0.4, 0.5) is 0 Å². The predicted molar refractivity (Wildman–Crippen MR) is 74.7 cm³/mol. The molecular formula is C15H17N3O3. The summed E-state index contributed by atoms with van der Waals surface area (Å²) < 4.78 is 5.20. The van der Waals surface area contributed by atoms with Crippen molar-refractivity contribution in [3.8, 4) is 0 Å². The summed E-state index contributed by atoms with van der Waals surface area (Å²) in [5.74, 6) is 0.649. The topological polar surface area (TPSA) is 79.5 Å². The van der Waals surface area contributed by atoms with Gasteiger partial charge in [-0.3, -0.25) is 4.90 Å². The van der Waals surface area contributed by atoms with E-state index in [0.717, 1.165) is 17.7 Å². The lowest BCUT2D eigenvalue weighted by atomic mass is 10.1. The molecule has 0 bridgehead atoms. The zero-order chi connectivity index (χ0) is 15.0. The molecule has 6 nitrogen and oxygen atoms in total. The standard InChI is InChI=1S/C15H17N3O3/c1-9(2)14-16-13(17-21-14)8-18-6-11-4-3-10(15(19)20)5-12(11)7-18/h3-5,9H,6-8H2,1-2H3,(H,19,20). The van der Waals surface area contributed by atoms with E-state index in [-0.39, 0.29) is 5.92 Å². The maximum Gasteiger partial charge on any atom is 0.335 e. The number of rotatable bonds is 4. The highest BCUT2D eigenvalue weighted by atomic mass is 16.5. The largest absolute Gasteiger partial charge is 0.478 e. The molecular weight excluding hydrogens is 270 g/mol. The van der Waals surface area contributed by atoms with E-state index in [0.29, 0.717) is 30.4 Å². The summed E-state index contributed by atoms with van der Waals surface area (Å²) in [6.45, 7) is 6.11. The van der Waals surface area contributed by atoms with Crippen molar-refractivity contribution in [2.75, 3.05) is 0 Å². The molecule has 0 radical (unpaired) electrons. The molecule has 3 rings (SSSR count). The van der Waals surface area contributed by atoms with E-state index >= 15 is 0 Å². The predicted octanol–water partition coefficient (Wildman–Crippen LogP) is 2.41. The van der Waals surface area contributed by atoms with Crippen LogP contribution in [-0.2, 0) is 19.6 Å². The fraction of sp³-hybridized carbons (Fsp3) is 0.400. The van der Waals surface area contributed by atoms with Crippen molar-refractivity contribution < 1.29 is 14.4 Å². The molecule has 0 fully saturated rings. The van der Waals surface area contributed by atoms with Crippen LogP contribution >= 0.6 is 0 Å². The van der Waals surface area contributed by atoms with Crippen LogP contribution in [0.5, 0.6) is 0 Å². The van der Waals surface area contributed by atoms with Gasteiger partial charge < -0.3 is 9.63 Å². The summed E-state index contributed by atoms with van der Waals surface area (Å²) in [6, 6.07) is 5.28. The Bertz CT molecular complexity index is 679. The van der Waals surface area contributed by atoms with Gasteiger partial charge in [-0.2, -0.15) is 4.98 Å². The second kappa shape index (κ2) is 5.29. The molecule has 1 aliphatic rings. The zero-order valence-corrected chi connectivity index (χ0v) is 12.0. The van der Waals surface area contributed by atoms with Crippen molar-refractivity contribution in [3.05, 3.63) is 46.6 Å². The molecule has 6 heteroatoms. The van der Waals surface area contributed by atoms with Gasteiger partial charge in [0.15, 0.2) is 5.82 Å². The number of aromatic carboxylic acids is 1. The summed E-state index contributed by atoms with van der Waals surface area (Å²) in [7, 11) is 0. The van der Waals surface area contributed by atoms with Crippen molar-refractivity contribution in [3.63, 3.8) is 0 Å². The highest BCUT2D eigenvalue weighted by molar-refractivity contribution is 5.87.